The quantitative estimate of drug-likeness (QED) is 0.722. The number of carbonyl (C=O) groups excluding carboxylic acids is 1. The lowest BCUT2D eigenvalue weighted by molar-refractivity contribution is -0.131. The molecule has 1 aromatic carbocycles. The molecule has 0 aliphatic carbocycles. The second-order valence-electron chi connectivity index (χ2n) is 7.96. The summed E-state index contributed by atoms with van der Waals surface area (Å²) in [5.41, 5.74) is 4.95. The number of likely N-dealkylation sites (tertiary alicyclic amines) is 1. The van der Waals surface area contributed by atoms with Crippen LogP contribution in [0.15, 0.2) is 47.4 Å². The molecular formula is C24H26N4O2. The molecule has 1 N–H and O–H groups in total. The molecule has 0 saturated carbocycles. The lowest BCUT2D eigenvalue weighted by Crippen LogP contribution is -2.34. The fraction of sp³-hybridized carbons (Fsp3) is 0.333. The smallest absolute Gasteiger partial charge is 0.255 e. The van der Waals surface area contributed by atoms with Crippen molar-refractivity contribution >= 4 is 5.91 Å². The summed E-state index contributed by atoms with van der Waals surface area (Å²) < 4.78 is 0. The Hall–Kier alpha value is -3.28. The van der Waals surface area contributed by atoms with Crippen molar-refractivity contribution in [3.05, 3.63) is 80.9 Å². The van der Waals surface area contributed by atoms with Gasteiger partial charge >= 0.3 is 0 Å². The van der Waals surface area contributed by atoms with Crippen LogP contribution in [0.3, 0.4) is 0 Å². The lowest BCUT2D eigenvalue weighted by atomic mass is 9.99. The van der Waals surface area contributed by atoms with Gasteiger partial charge in [0.2, 0.25) is 5.91 Å². The van der Waals surface area contributed by atoms with Crippen LogP contribution in [-0.2, 0) is 11.2 Å². The Kier molecular flexibility index (Phi) is 5.48. The van der Waals surface area contributed by atoms with Crippen LogP contribution in [0.5, 0.6) is 0 Å². The van der Waals surface area contributed by atoms with Gasteiger partial charge in [0.1, 0.15) is 5.69 Å². The van der Waals surface area contributed by atoms with Gasteiger partial charge in [0, 0.05) is 24.0 Å². The van der Waals surface area contributed by atoms with E-state index in [4.69, 9.17) is 0 Å². The molecule has 4 rings (SSSR count). The Morgan fingerprint density at radius 2 is 2.00 bits per heavy atom. The van der Waals surface area contributed by atoms with Crippen LogP contribution in [0, 0.1) is 20.8 Å². The Labute approximate surface area is 176 Å². The lowest BCUT2D eigenvalue weighted by Gasteiger charge is -2.26. The number of aromatic amines is 1. The van der Waals surface area contributed by atoms with E-state index in [1.807, 2.05) is 17.0 Å². The molecule has 6 nitrogen and oxygen atoms in total. The average molecular weight is 402 g/mol. The molecule has 0 radical (unpaired) electrons. The SMILES string of the molecule is Cc1ccc(C2CCCN2C(=O)Cc2c(C)nc(-c3ccccn3)[nH]c2=O)cc1C. The van der Waals surface area contributed by atoms with Crippen molar-refractivity contribution in [2.24, 2.45) is 0 Å². The third-order valence-electron chi connectivity index (χ3n) is 5.95. The van der Waals surface area contributed by atoms with Gasteiger partial charge in [-0.05, 0) is 62.4 Å². The number of hydrogen-bond acceptors (Lipinski definition) is 4. The Morgan fingerprint density at radius 1 is 1.17 bits per heavy atom. The molecule has 154 valence electrons. The van der Waals surface area contributed by atoms with Crippen molar-refractivity contribution in [2.45, 2.75) is 46.1 Å². The summed E-state index contributed by atoms with van der Waals surface area (Å²) in [7, 11) is 0. The van der Waals surface area contributed by atoms with Gasteiger partial charge in [-0.1, -0.05) is 24.3 Å². The van der Waals surface area contributed by atoms with E-state index < -0.39 is 0 Å². The number of aryl methyl sites for hydroxylation is 3. The Bertz CT molecular complexity index is 1140. The summed E-state index contributed by atoms with van der Waals surface area (Å²) in [5, 5.41) is 0. The second-order valence-corrected chi connectivity index (χ2v) is 7.96. The van der Waals surface area contributed by atoms with Crippen molar-refractivity contribution in [3.8, 4) is 11.5 Å². The van der Waals surface area contributed by atoms with Crippen molar-refractivity contribution in [2.75, 3.05) is 6.54 Å². The normalized spacial score (nSPS) is 16.1. The summed E-state index contributed by atoms with van der Waals surface area (Å²) >= 11 is 0. The largest absolute Gasteiger partial charge is 0.335 e. The average Bonchev–Trinajstić information content (AvgIpc) is 3.23. The maximum Gasteiger partial charge on any atom is 0.255 e. The molecular weight excluding hydrogens is 376 g/mol. The topological polar surface area (TPSA) is 79.0 Å². The van der Waals surface area contributed by atoms with Crippen LogP contribution in [-0.4, -0.2) is 32.3 Å². The molecule has 3 heterocycles. The second kappa shape index (κ2) is 8.22. The van der Waals surface area contributed by atoms with Crippen LogP contribution in [0.1, 0.15) is 46.8 Å². The third-order valence-corrected chi connectivity index (χ3v) is 5.95. The molecule has 1 aliphatic rings. The van der Waals surface area contributed by atoms with Gasteiger partial charge in [-0.3, -0.25) is 14.6 Å². The number of aromatic nitrogens is 3. The molecule has 1 aliphatic heterocycles. The number of nitrogens with zero attached hydrogens (tertiary/aromatic N) is 3. The number of rotatable bonds is 4. The molecule has 2 aromatic heterocycles. The van der Waals surface area contributed by atoms with Crippen molar-refractivity contribution in [1.29, 1.82) is 0 Å². The highest BCUT2D eigenvalue weighted by Crippen LogP contribution is 2.33. The van der Waals surface area contributed by atoms with Gasteiger partial charge in [0.05, 0.1) is 12.5 Å². The maximum absolute atomic E-state index is 13.1. The van der Waals surface area contributed by atoms with E-state index >= 15 is 0 Å². The summed E-state index contributed by atoms with van der Waals surface area (Å²) in [6.45, 7) is 6.67. The monoisotopic (exact) mass is 402 g/mol. The first-order chi connectivity index (χ1) is 14.4. The van der Waals surface area contributed by atoms with E-state index in [9.17, 15) is 9.59 Å². The zero-order valence-corrected chi connectivity index (χ0v) is 17.6. The molecule has 1 unspecified atom stereocenters. The number of amides is 1. The summed E-state index contributed by atoms with van der Waals surface area (Å²) in [4.78, 5) is 39.3. The molecule has 30 heavy (non-hydrogen) atoms. The number of H-pyrrole nitrogens is 1. The molecule has 1 saturated heterocycles. The van der Waals surface area contributed by atoms with Gasteiger partial charge in [-0.2, -0.15) is 0 Å². The minimum atomic E-state index is -0.279. The van der Waals surface area contributed by atoms with Crippen LogP contribution >= 0.6 is 0 Å². The molecule has 0 bridgehead atoms. The Morgan fingerprint density at radius 3 is 2.70 bits per heavy atom. The van der Waals surface area contributed by atoms with Crippen LogP contribution in [0.4, 0.5) is 0 Å². The highest BCUT2D eigenvalue weighted by Gasteiger charge is 2.30. The predicted octanol–water partition coefficient (Wildman–Crippen LogP) is 3.66. The zero-order valence-electron chi connectivity index (χ0n) is 17.6. The number of carbonyl (C=O) groups is 1. The van der Waals surface area contributed by atoms with Gasteiger partial charge in [0.15, 0.2) is 5.82 Å². The summed E-state index contributed by atoms with van der Waals surface area (Å²) in [6.07, 6.45) is 3.62. The van der Waals surface area contributed by atoms with Crippen molar-refractivity contribution in [3.63, 3.8) is 0 Å². The van der Waals surface area contributed by atoms with E-state index in [2.05, 4.69) is 47.0 Å². The molecule has 1 amide bonds. The first-order valence-corrected chi connectivity index (χ1v) is 10.3. The molecule has 1 atom stereocenters. The van der Waals surface area contributed by atoms with E-state index in [-0.39, 0.29) is 23.9 Å². The van der Waals surface area contributed by atoms with E-state index in [1.165, 1.54) is 16.7 Å². The summed E-state index contributed by atoms with van der Waals surface area (Å²) in [5.74, 6) is 0.389. The maximum atomic E-state index is 13.1. The van der Waals surface area contributed by atoms with Crippen molar-refractivity contribution < 1.29 is 4.79 Å². The first-order valence-electron chi connectivity index (χ1n) is 10.3. The predicted molar refractivity (Wildman–Crippen MR) is 116 cm³/mol. The number of hydrogen-bond donors (Lipinski definition) is 1. The molecule has 6 heteroatoms. The van der Waals surface area contributed by atoms with Crippen molar-refractivity contribution in [1.82, 2.24) is 19.9 Å². The molecule has 1 fully saturated rings. The number of pyridine rings is 1. The van der Waals surface area contributed by atoms with E-state index in [1.54, 1.807) is 19.2 Å². The fourth-order valence-electron chi connectivity index (χ4n) is 4.08. The number of benzene rings is 1. The van der Waals surface area contributed by atoms with E-state index in [0.717, 1.165) is 12.8 Å². The standard InChI is InChI=1S/C24H26N4O2/c1-15-9-10-18(13-16(15)2)21-8-6-12-28(21)22(29)14-19-17(3)26-23(27-24(19)30)20-7-4-5-11-25-20/h4-5,7,9-11,13,21H,6,8,12,14H2,1-3H3,(H,26,27,30). The minimum absolute atomic E-state index is 0.0308. The van der Waals surface area contributed by atoms with Crippen LogP contribution < -0.4 is 5.56 Å². The number of nitrogens with one attached hydrogen (secondary N) is 1. The van der Waals surface area contributed by atoms with Gasteiger partial charge in [-0.15, -0.1) is 0 Å². The van der Waals surface area contributed by atoms with Gasteiger partial charge in [-0.25, -0.2) is 4.98 Å². The van der Waals surface area contributed by atoms with E-state index in [0.29, 0.717) is 29.3 Å². The summed E-state index contributed by atoms with van der Waals surface area (Å²) in [6, 6.07) is 11.9. The Balaban J connectivity index is 1.57. The molecule has 0 spiro atoms. The highest BCUT2D eigenvalue weighted by atomic mass is 16.2. The van der Waals surface area contributed by atoms with Gasteiger partial charge in [0.25, 0.3) is 5.56 Å². The van der Waals surface area contributed by atoms with Gasteiger partial charge < -0.3 is 9.88 Å². The third kappa shape index (κ3) is 3.90. The van der Waals surface area contributed by atoms with Crippen LogP contribution in [0.2, 0.25) is 0 Å². The highest BCUT2D eigenvalue weighted by molar-refractivity contribution is 5.79. The van der Waals surface area contributed by atoms with Crippen LogP contribution in [0.25, 0.3) is 11.5 Å². The first kappa shape index (κ1) is 20.0. The minimum Gasteiger partial charge on any atom is -0.335 e. The zero-order chi connectivity index (χ0) is 21.3. The molecule has 3 aromatic rings. The fourth-order valence-corrected chi connectivity index (χ4v) is 4.08.